The maximum Gasteiger partial charge on any atom is 0.261 e. The van der Waals surface area contributed by atoms with Gasteiger partial charge in [-0.25, -0.2) is 0 Å². The molecule has 0 unspecified atom stereocenters. The number of piperazine rings is 1. The summed E-state index contributed by atoms with van der Waals surface area (Å²) >= 11 is 0. The van der Waals surface area contributed by atoms with Crippen molar-refractivity contribution in [2.24, 2.45) is 0 Å². The Morgan fingerprint density at radius 3 is 2.16 bits per heavy atom. The molecule has 2 heterocycles. The third-order valence-corrected chi connectivity index (χ3v) is 6.30. The molecular formula is C25H26ClN3O3. The first-order valence-electron chi connectivity index (χ1n) is 10.6. The van der Waals surface area contributed by atoms with Crippen LogP contribution in [0.25, 0.3) is 10.8 Å². The average molecular weight is 452 g/mol. The van der Waals surface area contributed by atoms with Crippen molar-refractivity contribution in [3.05, 3.63) is 71.8 Å². The number of carbonyl (C=O) groups excluding carboxylic acids is 2. The Labute approximate surface area is 193 Å². The van der Waals surface area contributed by atoms with Crippen molar-refractivity contribution in [1.82, 2.24) is 9.80 Å². The summed E-state index contributed by atoms with van der Waals surface area (Å²) < 4.78 is 5.42. The fourth-order valence-corrected chi connectivity index (χ4v) is 4.53. The number of anilines is 1. The van der Waals surface area contributed by atoms with Crippen LogP contribution in [0.5, 0.6) is 5.75 Å². The maximum absolute atomic E-state index is 12.6. The average Bonchev–Trinajstić information content (AvgIpc) is 3.07. The molecule has 0 aromatic heterocycles. The SMILES string of the molecule is COc1ccc2cccc(N3CCN(CCN4C(=O)c5ccccc5C4=O)CC3)c2c1.Cl. The number of amides is 2. The molecule has 0 aliphatic carbocycles. The summed E-state index contributed by atoms with van der Waals surface area (Å²) in [5, 5.41) is 2.40. The highest BCUT2D eigenvalue weighted by molar-refractivity contribution is 6.21. The number of ether oxygens (including phenoxy) is 1. The van der Waals surface area contributed by atoms with Crippen LogP contribution in [0.15, 0.2) is 60.7 Å². The molecule has 3 aromatic rings. The molecule has 1 fully saturated rings. The second-order valence-corrected chi connectivity index (χ2v) is 8.00. The van der Waals surface area contributed by atoms with Crippen LogP contribution in [-0.4, -0.2) is 68.0 Å². The molecule has 0 N–H and O–H groups in total. The zero-order chi connectivity index (χ0) is 21.4. The van der Waals surface area contributed by atoms with Gasteiger partial charge < -0.3 is 9.64 Å². The zero-order valence-electron chi connectivity index (χ0n) is 18.0. The third-order valence-electron chi connectivity index (χ3n) is 6.30. The summed E-state index contributed by atoms with van der Waals surface area (Å²) in [6, 6.07) is 19.6. The van der Waals surface area contributed by atoms with E-state index < -0.39 is 0 Å². The number of hydrogen-bond donors (Lipinski definition) is 0. The highest BCUT2D eigenvalue weighted by Crippen LogP contribution is 2.31. The predicted molar refractivity (Wildman–Crippen MR) is 128 cm³/mol. The lowest BCUT2D eigenvalue weighted by Gasteiger charge is -2.37. The third kappa shape index (κ3) is 3.92. The molecule has 2 aliphatic rings. The molecule has 2 amide bonds. The molecule has 32 heavy (non-hydrogen) atoms. The number of carbonyl (C=O) groups is 2. The standard InChI is InChI=1S/C25H25N3O3.ClH/c1-31-19-10-9-18-5-4-8-23(22(18)17-19)27-14-11-26(12-15-27)13-16-28-24(29)20-6-2-3-7-21(20)25(28)30;/h2-10,17H,11-16H2,1H3;1H. The lowest BCUT2D eigenvalue weighted by Crippen LogP contribution is -2.49. The Morgan fingerprint density at radius 1 is 0.812 bits per heavy atom. The monoisotopic (exact) mass is 451 g/mol. The van der Waals surface area contributed by atoms with Crippen molar-refractivity contribution in [3.63, 3.8) is 0 Å². The molecule has 0 radical (unpaired) electrons. The minimum Gasteiger partial charge on any atom is -0.497 e. The summed E-state index contributed by atoms with van der Waals surface area (Å²) in [6.45, 7) is 4.71. The molecular weight excluding hydrogens is 426 g/mol. The quantitative estimate of drug-likeness (QED) is 0.554. The number of hydrogen-bond acceptors (Lipinski definition) is 5. The van der Waals surface area contributed by atoms with E-state index in [2.05, 4.69) is 40.1 Å². The van der Waals surface area contributed by atoms with Gasteiger partial charge in [0, 0.05) is 50.3 Å². The summed E-state index contributed by atoms with van der Waals surface area (Å²) in [5.41, 5.74) is 2.25. The van der Waals surface area contributed by atoms with E-state index in [0.717, 1.165) is 31.9 Å². The van der Waals surface area contributed by atoms with Crippen molar-refractivity contribution in [3.8, 4) is 5.75 Å². The van der Waals surface area contributed by atoms with Crippen molar-refractivity contribution >= 4 is 40.7 Å². The number of benzene rings is 3. The van der Waals surface area contributed by atoms with Crippen LogP contribution in [0, 0.1) is 0 Å². The largest absolute Gasteiger partial charge is 0.497 e. The molecule has 166 valence electrons. The molecule has 1 saturated heterocycles. The summed E-state index contributed by atoms with van der Waals surface area (Å²) in [6.07, 6.45) is 0. The van der Waals surface area contributed by atoms with Crippen LogP contribution < -0.4 is 9.64 Å². The Bertz CT molecular complexity index is 1120. The van der Waals surface area contributed by atoms with Gasteiger partial charge in [-0.3, -0.25) is 19.4 Å². The second kappa shape index (κ2) is 9.18. The van der Waals surface area contributed by atoms with Gasteiger partial charge >= 0.3 is 0 Å². The Balaban J connectivity index is 0.00000245. The van der Waals surface area contributed by atoms with E-state index in [-0.39, 0.29) is 24.2 Å². The first-order chi connectivity index (χ1) is 15.2. The minimum absolute atomic E-state index is 0. The number of fused-ring (bicyclic) bond motifs is 2. The molecule has 2 aliphatic heterocycles. The fraction of sp³-hybridized carbons (Fsp3) is 0.280. The first-order valence-corrected chi connectivity index (χ1v) is 10.6. The lowest BCUT2D eigenvalue weighted by atomic mass is 10.1. The Morgan fingerprint density at radius 2 is 1.50 bits per heavy atom. The highest BCUT2D eigenvalue weighted by atomic mass is 35.5. The van der Waals surface area contributed by atoms with Gasteiger partial charge in [-0.1, -0.05) is 30.3 Å². The van der Waals surface area contributed by atoms with Crippen LogP contribution in [0.2, 0.25) is 0 Å². The molecule has 0 spiro atoms. The van der Waals surface area contributed by atoms with E-state index in [1.54, 1.807) is 31.4 Å². The van der Waals surface area contributed by atoms with Crippen LogP contribution in [0.1, 0.15) is 20.7 Å². The van der Waals surface area contributed by atoms with Crippen LogP contribution in [-0.2, 0) is 0 Å². The molecule has 5 rings (SSSR count). The van der Waals surface area contributed by atoms with E-state index >= 15 is 0 Å². The van der Waals surface area contributed by atoms with Gasteiger partial charge in [0.1, 0.15) is 5.75 Å². The molecule has 6 nitrogen and oxygen atoms in total. The Kier molecular flexibility index (Phi) is 6.35. The molecule has 0 bridgehead atoms. The fourth-order valence-electron chi connectivity index (χ4n) is 4.53. The summed E-state index contributed by atoms with van der Waals surface area (Å²) in [4.78, 5) is 31.2. The zero-order valence-corrected chi connectivity index (χ0v) is 18.8. The van der Waals surface area contributed by atoms with Gasteiger partial charge in [-0.05, 0) is 35.7 Å². The first kappa shape index (κ1) is 22.1. The van der Waals surface area contributed by atoms with E-state index in [9.17, 15) is 9.59 Å². The molecule has 3 aromatic carbocycles. The highest BCUT2D eigenvalue weighted by Gasteiger charge is 2.35. The van der Waals surface area contributed by atoms with Crippen LogP contribution in [0.3, 0.4) is 0 Å². The van der Waals surface area contributed by atoms with Gasteiger partial charge in [0.25, 0.3) is 11.8 Å². The number of imide groups is 1. The van der Waals surface area contributed by atoms with Crippen molar-refractivity contribution in [2.45, 2.75) is 0 Å². The maximum atomic E-state index is 12.6. The number of rotatable bonds is 5. The van der Waals surface area contributed by atoms with Gasteiger partial charge in [-0.2, -0.15) is 0 Å². The Hall–Kier alpha value is -3.09. The van der Waals surface area contributed by atoms with Crippen molar-refractivity contribution < 1.29 is 14.3 Å². The molecule has 0 saturated carbocycles. The predicted octanol–water partition coefficient (Wildman–Crippen LogP) is 3.69. The van der Waals surface area contributed by atoms with E-state index in [0.29, 0.717) is 24.2 Å². The van der Waals surface area contributed by atoms with Crippen molar-refractivity contribution in [2.75, 3.05) is 51.3 Å². The smallest absolute Gasteiger partial charge is 0.261 e. The van der Waals surface area contributed by atoms with Gasteiger partial charge in [0.15, 0.2) is 0 Å². The van der Waals surface area contributed by atoms with E-state index in [1.807, 2.05) is 6.07 Å². The van der Waals surface area contributed by atoms with Crippen molar-refractivity contribution in [1.29, 1.82) is 0 Å². The lowest BCUT2D eigenvalue weighted by molar-refractivity contribution is 0.0635. The van der Waals surface area contributed by atoms with Gasteiger partial charge in [0.05, 0.1) is 18.2 Å². The van der Waals surface area contributed by atoms with E-state index in [1.165, 1.54) is 21.4 Å². The van der Waals surface area contributed by atoms with Gasteiger partial charge in [0.2, 0.25) is 0 Å². The normalized spacial score (nSPS) is 16.3. The molecule has 0 atom stereocenters. The van der Waals surface area contributed by atoms with E-state index in [4.69, 9.17) is 4.74 Å². The number of halogens is 1. The van der Waals surface area contributed by atoms with Crippen LogP contribution >= 0.6 is 12.4 Å². The van der Waals surface area contributed by atoms with Gasteiger partial charge in [-0.15, -0.1) is 12.4 Å². The molecule has 7 heteroatoms. The topological polar surface area (TPSA) is 53.1 Å². The summed E-state index contributed by atoms with van der Waals surface area (Å²) in [5.74, 6) is 0.507. The second-order valence-electron chi connectivity index (χ2n) is 8.00. The van der Waals surface area contributed by atoms with Crippen LogP contribution in [0.4, 0.5) is 5.69 Å². The minimum atomic E-state index is -0.177. The number of nitrogens with zero attached hydrogens (tertiary/aromatic N) is 3. The number of methoxy groups -OCH3 is 1. The summed E-state index contributed by atoms with van der Waals surface area (Å²) in [7, 11) is 1.69.